The van der Waals surface area contributed by atoms with E-state index in [1.54, 1.807) is 0 Å². The van der Waals surface area contributed by atoms with Gasteiger partial charge in [0.2, 0.25) is 0 Å². The van der Waals surface area contributed by atoms with Crippen molar-refractivity contribution in [1.82, 2.24) is 0 Å². The normalized spacial score (nSPS) is 12.3. The second-order valence-electron chi connectivity index (χ2n) is 6.68. The van der Waals surface area contributed by atoms with Gasteiger partial charge in [0.1, 0.15) is 6.29 Å². The minimum Gasteiger partial charge on any atom is -0.432 e. The topological polar surface area (TPSA) is 40.5 Å². The zero-order valence-corrected chi connectivity index (χ0v) is 14.3. The van der Waals surface area contributed by atoms with Gasteiger partial charge in [-0.1, -0.05) is 13.8 Å². The van der Waals surface area contributed by atoms with Crippen molar-refractivity contribution in [2.75, 3.05) is 18.5 Å². The van der Waals surface area contributed by atoms with Gasteiger partial charge in [0.15, 0.2) is 8.32 Å². The van der Waals surface area contributed by atoms with Gasteiger partial charge in [-0.25, -0.2) is 0 Å². The number of hydrogen-bond donors (Lipinski definition) is 1. The van der Waals surface area contributed by atoms with Gasteiger partial charge in [-0.05, 0) is 55.2 Å². The van der Waals surface area contributed by atoms with Crippen molar-refractivity contribution in [3.05, 3.63) is 29.8 Å². The molecule has 0 unspecified atom stereocenters. The van der Waals surface area contributed by atoms with Crippen LogP contribution in [0.1, 0.15) is 37.0 Å². The van der Waals surface area contributed by atoms with E-state index >= 15 is 0 Å². The van der Waals surface area contributed by atoms with Crippen molar-refractivity contribution >= 4 is 20.3 Å². The first-order chi connectivity index (χ1) is 9.17. The Hall–Kier alpha value is -1.13. The van der Waals surface area contributed by atoms with Crippen molar-refractivity contribution in [3.8, 4) is 0 Å². The number of benzene rings is 1. The molecule has 1 rings (SSSR count). The highest BCUT2D eigenvalue weighted by Gasteiger charge is 2.37. The smallest absolute Gasteiger partial charge is 0.188 e. The largest absolute Gasteiger partial charge is 0.432 e. The average Bonchev–Trinajstić information content (AvgIpc) is 2.37. The van der Waals surface area contributed by atoms with E-state index in [2.05, 4.69) is 25.8 Å². The van der Waals surface area contributed by atoms with Crippen LogP contribution in [0.5, 0.6) is 0 Å². The fraction of sp³-hybridized carbons (Fsp3) is 0.562. The summed E-state index contributed by atoms with van der Waals surface area (Å²) in [7, 11) is -0.0459. The molecule has 4 heteroatoms. The molecular weight excluding hydrogens is 266 g/mol. The monoisotopic (exact) mass is 293 g/mol. The predicted molar refractivity (Wildman–Crippen MR) is 88.1 cm³/mol. The first-order valence-electron chi connectivity index (χ1n) is 7.16. The predicted octanol–water partition coefficient (Wildman–Crippen LogP) is 3.69. The third-order valence-corrected chi connectivity index (χ3v) is 7.98. The second-order valence-corrected chi connectivity index (χ2v) is 11.1. The van der Waals surface area contributed by atoms with Crippen LogP contribution in [-0.4, -0.2) is 33.0 Å². The molecule has 0 aliphatic carbocycles. The lowest BCUT2D eigenvalue weighted by molar-refractivity contribution is 0.112. The fourth-order valence-corrected chi connectivity index (χ4v) is 2.79. The molecule has 0 atom stereocenters. The van der Waals surface area contributed by atoms with Gasteiger partial charge in [-0.3, -0.25) is 4.79 Å². The molecule has 112 valence electrons. The quantitative estimate of drug-likeness (QED) is 0.615. The summed E-state index contributed by atoms with van der Waals surface area (Å²) in [6.07, 6.45) is 2.94. The zero-order valence-electron chi connectivity index (χ0n) is 13.3. The summed E-state index contributed by atoms with van der Waals surface area (Å²) in [5, 5.41) is 0.0369. The summed E-state index contributed by atoms with van der Waals surface area (Å²) in [5.74, 6) is 0. The third-order valence-electron chi connectivity index (χ3n) is 4.42. The molecular formula is C16H27NO2Si. The molecule has 1 N–H and O–H groups in total. The van der Waals surface area contributed by atoms with Gasteiger partial charge in [0.25, 0.3) is 0 Å². The molecule has 3 nitrogen and oxygen atoms in total. The van der Waals surface area contributed by atoms with Crippen LogP contribution in [0.15, 0.2) is 24.3 Å². The lowest BCUT2D eigenvalue weighted by Crippen LogP contribution is -2.39. The highest BCUT2D eigenvalue weighted by Crippen LogP contribution is 2.39. The first kappa shape index (κ1) is 16.9. The fourth-order valence-electron chi connectivity index (χ4n) is 2.00. The summed E-state index contributed by atoms with van der Waals surface area (Å²) in [6, 6.07) is 7.62. The Morgan fingerprint density at radius 3 is 2.25 bits per heavy atom. The van der Waals surface area contributed by atoms with Crippen LogP contribution in [0, 0.1) is 0 Å². The molecule has 0 bridgehead atoms. The lowest BCUT2D eigenvalue weighted by Gasteiger charge is -2.35. The maximum absolute atomic E-state index is 10.6. The number of carbonyl (C=O) groups is 1. The molecule has 0 spiro atoms. The first-order valence-corrected chi connectivity index (χ1v) is 10.1. The highest BCUT2D eigenvalue weighted by molar-refractivity contribution is 6.72. The Balaban J connectivity index is 2.51. The van der Waals surface area contributed by atoms with Crippen molar-refractivity contribution in [3.63, 3.8) is 0 Å². The number of aldehydes is 1. The molecule has 0 aliphatic rings. The summed E-state index contributed by atoms with van der Waals surface area (Å²) < 4.78 is 0. The molecule has 0 aliphatic heterocycles. The number of nitrogens with zero attached hydrogens (tertiary/aromatic N) is 1. The summed E-state index contributed by atoms with van der Waals surface area (Å²) in [4.78, 5) is 23.1. The second kappa shape index (κ2) is 6.55. The van der Waals surface area contributed by atoms with Crippen LogP contribution in [0.2, 0.25) is 18.1 Å². The van der Waals surface area contributed by atoms with Gasteiger partial charge >= 0.3 is 0 Å². The van der Waals surface area contributed by atoms with E-state index in [4.69, 9.17) is 0 Å². The maximum Gasteiger partial charge on any atom is 0.188 e. The van der Waals surface area contributed by atoms with Crippen molar-refractivity contribution in [2.45, 2.75) is 44.8 Å². The van der Waals surface area contributed by atoms with E-state index in [0.717, 1.165) is 31.4 Å². The van der Waals surface area contributed by atoms with Crippen molar-refractivity contribution in [1.29, 1.82) is 0 Å². The molecule has 1 aromatic rings. The molecule has 1 aromatic carbocycles. The molecule has 20 heavy (non-hydrogen) atoms. The Morgan fingerprint density at radius 2 is 1.80 bits per heavy atom. The molecule has 0 heterocycles. The number of rotatable bonds is 7. The Morgan fingerprint density at radius 1 is 1.25 bits per heavy atom. The van der Waals surface area contributed by atoms with Gasteiger partial charge in [0.05, 0.1) is 0 Å². The van der Waals surface area contributed by atoms with E-state index in [-0.39, 0.29) is 5.04 Å². The molecule has 0 amide bonds. The Labute approximate surface area is 123 Å². The van der Waals surface area contributed by atoms with Crippen LogP contribution in [0.4, 0.5) is 5.69 Å². The van der Waals surface area contributed by atoms with E-state index in [0.29, 0.717) is 5.56 Å². The molecule has 0 saturated heterocycles. The third kappa shape index (κ3) is 4.46. The van der Waals surface area contributed by atoms with E-state index in [1.807, 2.05) is 37.4 Å². The zero-order chi connectivity index (χ0) is 15.4. The van der Waals surface area contributed by atoms with E-state index < -0.39 is 8.32 Å². The van der Waals surface area contributed by atoms with Crippen LogP contribution < -0.4 is 4.90 Å². The van der Waals surface area contributed by atoms with Crippen LogP contribution >= 0.6 is 0 Å². The summed E-state index contributed by atoms with van der Waals surface area (Å²) in [5.41, 5.74) is 1.82. The highest BCUT2D eigenvalue weighted by atomic mass is 28.4. The lowest BCUT2D eigenvalue weighted by atomic mass is 10.1. The van der Waals surface area contributed by atoms with Gasteiger partial charge < -0.3 is 9.70 Å². The maximum atomic E-state index is 10.6. The number of carbonyl (C=O) groups excluding carboxylic acids is 1. The number of hydrogen-bond acceptors (Lipinski definition) is 3. The molecule has 0 fully saturated rings. The summed E-state index contributed by atoms with van der Waals surface area (Å²) >= 11 is 0. The Kier molecular flexibility index (Phi) is 5.54. The van der Waals surface area contributed by atoms with Crippen LogP contribution in [-0.2, 0) is 0 Å². The van der Waals surface area contributed by atoms with Gasteiger partial charge in [-0.15, -0.1) is 0 Å². The number of anilines is 1. The minimum absolute atomic E-state index is 0.0369. The van der Waals surface area contributed by atoms with Crippen molar-refractivity contribution in [2.24, 2.45) is 0 Å². The van der Waals surface area contributed by atoms with Crippen LogP contribution in [0.25, 0.3) is 0 Å². The molecule has 0 radical (unpaired) electrons. The molecule has 0 saturated carbocycles. The van der Waals surface area contributed by atoms with Crippen molar-refractivity contribution < 1.29 is 9.59 Å². The Bertz CT molecular complexity index is 435. The van der Waals surface area contributed by atoms with E-state index in [1.165, 1.54) is 0 Å². The van der Waals surface area contributed by atoms with Gasteiger partial charge in [0, 0.05) is 24.8 Å². The van der Waals surface area contributed by atoms with Crippen LogP contribution in [0.3, 0.4) is 0 Å². The summed E-state index contributed by atoms with van der Waals surface area (Å²) in [6.45, 7) is 9.30. The molecule has 0 aromatic heterocycles. The SMILES string of the molecule is CN(CCCC(C)(C)[Si](C)(C)O)c1ccc(C=O)cc1. The average molecular weight is 293 g/mol. The standard InChI is InChI=1S/C16H27NO2Si/c1-16(2,20(4,5)19)11-6-12-17(3)15-9-7-14(13-18)8-10-15/h7-10,13,19H,6,11-12H2,1-5H3. The van der Waals surface area contributed by atoms with E-state index in [9.17, 15) is 9.59 Å². The minimum atomic E-state index is -2.11. The van der Waals surface area contributed by atoms with Gasteiger partial charge in [-0.2, -0.15) is 0 Å².